The van der Waals surface area contributed by atoms with Crippen LogP contribution in [0.5, 0.6) is 5.75 Å². The Kier molecular flexibility index (Phi) is 7.32. The first-order chi connectivity index (χ1) is 15.2. The number of nitrogens with one attached hydrogen (secondary N) is 1. The van der Waals surface area contributed by atoms with E-state index in [9.17, 15) is 26.7 Å². The second kappa shape index (κ2) is 9.97. The van der Waals surface area contributed by atoms with Gasteiger partial charge in [-0.05, 0) is 47.5 Å². The van der Waals surface area contributed by atoms with Crippen molar-refractivity contribution in [2.45, 2.75) is 18.5 Å². The molecule has 0 radical (unpaired) electrons. The predicted octanol–water partition coefficient (Wildman–Crippen LogP) is 5.32. The van der Waals surface area contributed by atoms with Gasteiger partial charge in [0.15, 0.2) is 5.78 Å². The van der Waals surface area contributed by atoms with Crippen molar-refractivity contribution in [1.29, 1.82) is 0 Å². The van der Waals surface area contributed by atoms with Gasteiger partial charge in [0, 0.05) is 34.9 Å². The van der Waals surface area contributed by atoms with E-state index in [0.717, 1.165) is 12.1 Å². The zero-order valence-corrected chi connectivity index (χ0v) is 17.7. The van der Waals surface area contributed by atoms with Crippen molar-refractivity contribution < 1.29 is 31.5 Å². The molecule has 5 nitrogen and oxygen atoms in total. The molecule has 1 N–H and O–H groups in total. The summed E-state index contributed by atoms with van der Waals surface area (Å²) in [7, 11) is 1.49. The summed E-state index contributed by atoms with van der Waals surface area (Å²) in [6.45, 7) is 0. The van der Waals surface area contributed by atoms with Crippen LogP contribution in [0.15, 0.2) is 72.8 Å². The van der Waals surface area contributed by atoms with Crippen molar-refractivity contribution >= 4 is 22.7 Å². The van der Waals surface area contributed by atoms with Crippen LogP contribution in [0.3, 0.4) is 0 Å². The van der Waals surface area contributed by atoms with Gasteiger partial charge in [0.25, 0.3) is 0 Å². The zero-order chi connectivity index (χ0) is 23.3. The first kappa shape index (κ1) is 23.5. The van der Waals surface area contributed by atoms with Crippen molar-refractivity contribution in [3.8, 4) is 5.75 Å². The number of halogens is 3. The number of carbonyl (C=O) groups excluding carboxylic acids is 1. The number of ether oxygens (including phenoxy) is 1. The summed E-state index contributed by atoms with van der Waals surface area (Å²) in [5, 5.41) is 0. The second-order valence-corrected chi connectivity index (χ2v) is 7.66. The van der Waals surface area contributed by atoms with Gasteiger partial charge in [0.05, 0.1) is 12.7 Å². The lowest BCUT2D eigenvalue weighted by Gasteiger charge is -2.19. The number of rotatable bonds is 8. The molecule has 0 aliphatic heterocycles. The molecule has 2 unspecified atom stereocenters. The van der Waals surface area contributed by atoms with Gasteiger partial charge in [-0.25, -0.2) is 0 Å². The molecule has 9 heteroatoms. The van der Waals surface area contributed by atoms with Gasteiger partial charge in [-0.15, -0.1) is 0 Å². The van der Waals surface area contributed by atoms with Gasteiger partial charge in [-0.3, -0.25) is 9.00 Å². The third kappa shape index (κ3) is 5.95. The zero-order valence-electron chi connectivity index (χ0n) is 16.9. The van der Waals surface area contributed by atoms with Crippen LogP contribution in [0.25, 0.3) is 0 Å². The molecule has 0 amide bonds. The molecule has 0 bridgehead atoms. The van der Waals surface area contributed by atoms with Gasteiger partial charge in [-0.2, -0.15) is 13.2 Å². The number of methoxy groups -OCH3 is 1. The molecule has 0 spiro atoms. The fraction of sp³-hybridized carbons (Fsp3) is 0.174. The number of benzene rings is 3. The Balaban J connectivity index is 1.95. The minimum atomic E-state index is -4.47. The summed E-state index contributed by atoms with van der Waals surface area (Å²) in [6, 6.07) is 17.6. The number of alkyl halides is 3. The number of anilines is 1. The summed E-state index contributed by atoms with van der Waals surface area (Å²) in [5.41, 5.74) is 1.15. The topological polar surface area (TPSA) is 78.5 Å². The maximum atomic E-state index is 13.0. The molecule has 0 aromatic heterocycles. The third-order valence-electron chi connectivity index (χ3n) is 4.94. The fourth-order valence-electron chi connectivity index (χ4n) is 3.31. The highest BCUT2D eigenvalue weighted by Gasteiger charge is 2.30. The standard InChI is InChI=1S/C23H20F3NO4S/c1-31-20-4-2-3-17(13-20)22(28)14-21(15-5-9-18(10-6-15)23(24,25)26)16-7-11-19(12-8-16)27-32(29)30/h2-13,21,27H,14H2,1H3,(H,29,30)/p-1. The first-order valence-corrected chi connectivity index (χ1v) is 10.5. The Hall–Kier alpha value is -3.17. The van der Waals surface area contributed by atoms with E-state index in [1.54, 1.807) is 36.4 Å². The third-order valence-corrected chi connectivity index (χ3v) is 5.34. The Morgan fingerprint density at radius 1 is 1.03 bits per heavy atom. The van der Waals surface area contributed by atoms with Crippen molar-refractivity contribution in [3.63, 3.8) is 0 Å². The van der Waals surface area contributed by atoms with E-state index in [1.807, 2.05) is 0 Å². The molecule has 32 heavy (non-hydrogen) atoms. The Labute approximate surface area is 185 Å². The summed E-state index contributed by atoms with van der Waals surface area (Å²) in [6.07, 6.45) is -4.47. The summed E-state index contributed by atoms with van der Waals surface area (Å²) >= 11 is -2.49. The van der Waals surface area contributed by atoms with Gasteiger partial charge >= 0.3 is 6.18 Å². The first-order valence-electron chi connectivity index (χ1n) is 9.47. The largest absolute Gasteiger partial charge is 0.755 e. The van der Waals surface area contributed by atoms with Crippen LogP contribution in [0.4, 0.5) is 18.9 Å². The van der Waals surface area contributed by atoms with Crippen molar-refractivity contribution in [2.75, 3.05) is 11.8 Å². The van der Waals surface area contributed by atoms with Crippen LogP contribution in [0.2, 0.25) is 0 Å². The monoisotopic (exact) mass is 462 g/mol. The van der Waals surface area contributed by atoms with E-state index >= 15 is 0 Å². The molecule has 0 saturated carbocycles. The summed E-state index contributed by atoms with van der Waals surface area (Å²) in [4.78, 5) is 13.0. The van der Waals surface area contributed by atoms with Gasteiger partial charge in [-0.1, -0.05) is 36.4 Å². The molecule has 0 fully saturated rings. The maximum Gasteiger partial charge on any atom is 0.416 e. The van der Waals surface area contributed by atoms with E-state index in [0.29, 0.717) is 28.1 Å². The Morgan fingerprint density at radius 2 is 1.62 bits per heavy atom. The van der Waals surface area contributed by atoms with Crippen LogP contribution < -0.4 is 9.46 Å². The Morgan fingerprint density at radius 3 is 2.16 bits per heavy atom. The van der Waals surface area contributed by atoms with Crippen LogP contribution in [0, 0.1) is 0 Å². The van der Waals surface area contributed by atoms with Crippen LogP contribution >= 0.6 is 0 Å². The number of hydrogen-bond donors (Lipinski definition) is 1. The minimum absolute atomic E-state index is 0.00120. The molecular weight excluding hydrogens is 443 g/mol. The lowest BCUT2D eigenvalue weighted by Crippen LogP contribution is -2.11. The SMILES string of the molecule is COc1cccc(C(=O)CC(c2ccc(NS(=O)[O-])cc2)c2ccc(C(F)(F)F)cc2)c1. The molecule has 0 heterocycles. The van der Waals surface area contributed by atoms with Crippen LogP contribution in [-0.4, -0.2) is 21.7 Å². The average Bonchev–Trinajstić information content (AvgIpc) is 2.77. The van der Waals surface area contributed by atoms with E-state index in [2.05, 4.69) is 4.72 Å². The second-order valence-electron chi connectivity index (χ2n) is 6.99. The molecule has 3 aromatic carbocycles. The summed E-state index contributed by atoms with van der Waals surface area (Å²) in [5.74, 6) is -0.234. The highest BCUT2D eigenvalue weighted by atomic mass is 32.2. The molecule has 2 atom stereocenters. The minimum Gasteiger partial charge on any atom is -0.755 e. The smallest absolute Gasteiger partial charge is 0.416 e. The number of hydrogen-bond acceptors (Lipinski definition) is 4. The van der Waals surface area contributed by atoms with Gasteiger partial charge < -0.3 is 14.0 Å². The molecule has 0 aliphatic carbocycles. The molecule has 3 rings (SSSR count). The van der Waals surface area contributed by atoms with Crippen molar-refractivity contribution in [2.24, 2.45) is 0 Å². The number of carbonyl (C=O) groups is 1. The highest BCUT2D eigenvalue weighted by molar-refractivity contribution is 7.80. The average molecular weight is 462 g/mol. The highest BCUT2D eigenvalue weighted by Crippen LogP contribution is 2.34. The summed E-state index contributed by atoms with van der Waals surface area (Å²) < 4.78 is 67.9. The molecule has 3 aromatic rings. The van der Waals surface area contributed by atoms with Crippen molar-refractivity contribution in [1.82, 2.24) is 0 Å². The molecule has 0 aliphatic rings. The van der Waals surface area contributed by atoms with E-state index in [1.165, 1.54) is 31.4 Å². The van der Waals surface area contributed by atoms with E-state index < -0.39 is 28.9 Å². The van der Waals surface area contributed by atoms with Gasteiger partial charge in [0.2, 0.25) is 0 Å². The quantitative estimate of drug-likeness (QED) is 0.363. The van der Waals surface area contributed by atoms with Gasteiger partial charge in [0.1, 0.15) is 5.75 Å². The number of ketones is 1. The molecular formula is C23H19F3NO4S-. The molecule has 0 saturated heterocycles. The lowest BCUT2D eigenvalue weighted by atomic mass is 9.85. The Bertz CT molecular complexity index is 1100. The maximum absolute atomic E-state index is 13.0. The van der Waals surface area contributed by atoms with E-state index in [-0.39, 0.29) is 12.2 Å². The predicted molar refractivity (Wildman–Crippen MR) is 114 cm³/mol. The van der Waals surface area contributed by atoms with Crippen LogP contribution in [-0.2, 0) is 17.4 Å². The molecule has 168 valence electrons. The van der Waals surface area contributed by atoms with Crippen molar-refractivity contribution in [3.05, 3.63) is 95.1 Å². The normalized spacial score (nSPS) is 13.3. The number of Topliss-reactive ketones (excluding diaryl/α,β-unsaturated/α-hetero) is 1. The van der Waals surface area contributed by atoms with Crippen LogP contribution in [0.1, 0.15) is 39.4 Å². The lowest BCUT2D eigenvalue weighted by molar-refractivity contribution is -0.137. The fourth-order valence-corrected chi connectivity index (χ4v) is 3.64. The van der Waals surface area contributed by atoms with E-state index in [4.69, 9.17) is 4.74 Å².